The van der Waals surface area contributed by atoms with Gasteiger partial charge in [0.15, 0.2) is 0 Å². The van der Waals surface area contributed by atoms with Gasteiger partial charge in [0, 0.05) is 0 Å². The minimum absolute atomic E-state index is 0.446. The average Bonchev–Trinajstić information content (AvgIpc) is 2.65. The van der Waals surface area contributed by atoms with Crippen LogP contribution in [0.2, 0.25) is 0 Å². The van der Waals surface area contributed by atoms with Gasteiger partial charge >= 0.3 is 0 Å². The molecule has 0 radical (unpaired) electrons. The minimum Gasteiger partial charge on any atom is -0.0765 e. The van der Waals surface area contributed by atoms with Gasteiger partial charge in [-0.05, 0) is 30.3 Å². The maximum atomic E-state index is 3.35. The molecule has 3 heteroatoms. The Morgan fingerprint density at radius 2 is 0.960 bits per heavy atom. The third-order valence-corrected chi connectivity index (χ3v) is 6.91. The van der Waals surface area contributed by atoms with Gasteiger partial charge in [-0.3, -0.25) is 0 Å². The van der Waals surface area contributed by atoms with E-state index in [1.165, 1.54) is 28.8 Å². The Labute approximate surface area is 169 Å². The highest BCUT2D eigenvalue weighted by Gasteiger charge is 2.14. The Kier molecular flexibility index (Phi) is 9.47. The third kappa shape index (κ3) is 7.05. The van der Waals surface area contributed by atoms with Gasteiger partial charge in [-0.2, -0.15) is 0 Å². The number of rotatable bonds is 5. The van der Waals surface area contributed by atoms with E-state index in [2.05, 4.69) is 130 Å². The van der Waals surface area contributed by atoms with Gasteiger partial charge in [0.2, 0.25) is 0 Å². The topological polar surface area (TPSA) is 0 Å². The zero-order valence-electron chi connectivity index (χ0n) is 14.4. The fourth-order valence-electron chi connectivity index (χ4n) is 2.40. The monoisotopic (exact) mass is 476 g/mol. The molecule has 0 N–H and O–H groups in total. The Morgan fingerprint density at radius 3 is 1.16 bits per heavy atom. The standard InChI is InChI=1S/C18H15P.C4H8Br2/c1-4-10-16(11-5-1)19(17-12-6-2-7-13-17)18-14-8-3-9-15-18;1-2-3-4(5)6/h1-15H;4H,2-3H2,1H3. The zero-order valence-corrected chi connectivity index (χ0v) is 18.4. The van der Waals surface area contributed by atoms with E-state index >= 15 is 0 Å². The first-order valence-corrected chi connectivity index (χ1v) is 11.6. The second-order valence-corrected chi connectivity index (χ2v) is 11.2. The smallest absolute Gasteiger partial charge is 0.0697 e. The maximum Gasteiger partial charge on any atom is 0.0697 e. The molecule has 0 aromatic heterocycles. The normalized spacial score (nSPS) is 10.4. The molecule has 25 heavy (non-hydrogen) atoms. The summed E-state index contributed by atoms with van der Waals surface area (Å²) < 4.78 is 0.523. The average molecular weight is 478 g/mol. The van der Waals surface area contributed by atoms with Gasteiger partial charge in [-0.1, -0.05) is 136 Å². The molecule has 0 aliphatic rings. The van der Waals surface area contributed by atoms with E-state index in [4.69, 9.17) is 0 Å². The van der Waals surface area contributed by atoms with Crippen molar-refractivity contribution in [2.45, 2.75) is 23.5 Å². The van der Waals surface area contributed by atoms with E-state index in [9.17, 15) is 0 Å². The van der Waals surface area contributed by atoms with Crippen molar-refractivity contribution in [2.24, 2.45) is 0 Å². The maximum absolute atomic E-state index is 3.35. The number of alkyl halides is 2. The highest BCUT2D eigenvalue weighted by Crippen LogP contribution is 2.32. The van der Waals surface area contributed by atoms with Gasteiger partial charge in [0.05, 0.1) is 3.74 Å². The lowest BCUT2D eigenvalue weighted by atomic mass is 10.4. The summed E-state index contributed by atoms with van der Waals surface area (Å²) in [5.41, 5.74) is 0. The van der Waals surface area contributed by atoms with Crippen LogP contribution >= 0.6 is 39.8 Å². The van der Waals surface area contributed by atoms with E-state index in [-0.39, 0.29) is 0 Å². The van der Waals surface area contributed by atoms with Crippen LogP contribution in [-0.2, 0) is 0 Å². The lowest BCUT2D eigenvalue weighted by molar-refractivity contribution is 0.883. The van der Waals surface area contributed by atoms with Crippen molar-refractivity contribution < 1.29 is 0 Å². The molecule has 0 saturated heterocycles. The highest BCUT2D eigenvalue weighted by atomic mass is 79.9. The van der Waals surface area contributed by atoms with Crippen molar-refractivity contribution in [3.05, 3.63) is 91.0 Å². The van der Waals surface area contributed by atoms with Crippen LogP contribution in [0.15, 0.2) is 91.0 Å². The quantitative estimate of drug-likeness (QED) is 0.296. The van der Waals surface area contributed by atoms with E-state index in [0.717, 1.165) is 0 Å². The largest absolute Gasteiger partial charge is 0.0765 e. The second kappa shape index (κ2) is 11.6. The molecular formula is C22H23Br2P. The molecule has 0 fully saturated rings. The molecule has 0 spiro atoms. The summed E-state index contributed by atoms with van der Waals surface area (Å²) >= 11 is 6.70. The van der Waals surface area contributed by atoms with Crippen molar-refractivity contribution in [1.82, 2.24) is 0 Å². The molecule has 0 amide bonds. The predicted octanol–water partition coefficient (Wildman–Crippen LogP) is 6.35. The molecule has 0 bridgehead atoms. The lowest BCUT2D eigenvalue weighted by Crippen LogP contribution is -2.20. The fraction of sp³-hybridized carbons (Fsp3) is 0.182. The van der Waals surface area contributed by atoms with E-state index in [0.29, 0.717) is 3.74 Å². The van der Waals surface area contributed by atoms with Crippen LogP contribution in [0.5, 0.6) is 0 Å². The highest BCUT2D eigenvalue weighted by molar-refractivity contribution is 9.24. The van der Waals surface area contributed by atoms with Crippen molar-refractivity contribution >= 4 is 55.7 Å². The fourth-order valence-corrected chi connectivity index (χ4v) is 5.62. The van der Waals surface area contributed by atoms with Gasteiger partial charge in [0.25, 0.3) is 0 Å². The molecule has 0 saturated carbocycles. The molecule has 0 aliphatic carbocycles. The van der Waals surface area contributed by atoms with Gasteiger partial charge in [-0.25, -0.2) is 0 Å². The van der Waals surface area contributed by atoms with Crippen LogP contribution in [0.3, 0.4) is 0 Å². The molecule has 130 valence electrons. The molecular weight excluding hydrogens is 455 g/mol. The molecule has 0 nitrogen and oxygen atoms in total. The SMILES string of the molecule is CCCC(Br)Br.c1ccc(P(c2ccccc2)c2ccccc2)cc1. The Bertz CT molecular complexity index is 606. The molecule has 3 rings (SSSR count). The first kappa shape index (κ1) is 20.4. The van der Waals surface area contributed by atoms with Crippen molar-refractivity contribution in [3.8, 4) is 0 Å². The lowest BCUT2D eigenvalue weighted by Gasteiger charge is -2.18. The van der Waals surface area contributed by atoms with Crippen LogP contribution in [-0.4, -0.2) is 3.74 Å². The summed E-state index contributed by atoms with van der Waals surface area (Å²) in [5, 5.41) is 4.19. The van der Waals surface area contributed by atoms with E-state index in [1.807, 2.05) is 0 Å². The third-order valence-electron chi connectivity index (χ3n) is 3.55. The molecule has 3 aromatic rings. The number of benzene rings is 3. The van der Waals surface area contributed by atoms with E-state index in [1.54, 1.807) is 0 Å². The first-order chi connectivity index (χ1) is 12.2. The summed E-state index contributed by atoms with van der Waals surface area (Å²) in [5.74, 6) is 0. The summed E-state index contributed by atoms with van der Waals surface area (Å²) in [6.07, 6.45) is 2.45. The van der Waals surface area contributed by atoms with Crippen LogP contribution in [0.1, 0.15) is 19.8 Å². The zero-order chi connectivity index (χ0) is 17.9. The van der Waals surface area contributed by atoms with E-state index < -0.39 is 7.92 Å². The minimum atomic E-state index is -0.446. The summed E-state index contributed by atoms with van der Waals surface area (Å²) in [6, 6.07) is 32.3. The molecule has 0 atom stereocenters. The number of halogens is 2. The van der Waals surface area contributed by atoms with Crippen LogP contribution in [0.4, 0.5) is 0 Å². The first-order valence-electron chi connectivity index (χ1n) is 8.45. The summed E-state index contributed by atoms with van der Waals surface area (Å²) in [7, 11) is -0.446. The van der Waals surface area contributed by atoms with Crippen LogP contribution in [0, 0.1) is 0 Å². The molecule has 3 aromatic carbocycles. The molecule has 0 unspecified atom stereocenters. The number of hydrogen-bond acceptors (Lipinski definition) is 0. The Balaban J connectivity index is 0.000000326. The summed E-state index contributed by atoms with van der Waals surface area (Å²) in [4.78, 5) is 0. The van der Waals surface area contributed by atoms with Gasteiger partial charge < -0.3 is 0 Å². The van der Waals surface area contributed by atoms with Crippen molar-refractivity contribution in [3.63, 3.8) is 0 Å². The van der Waals surface area contributed by atoms with Crippen molar-refractivity contribution in [1.29, 1.82) is 0 Å². The van der Waals surface area contributed by atoms with Crippen molar-refractivity contribution in [2.75, 3.05) is 0 Å². The van der Waals surface area contributed by atoms with Crippen LogP contribution < -0.4 is 15.9 Å². The number of hydrogen-bond donors (Lipinski definition) is 0. The second-order valence-electron chi connectivity index (χ2n) is 5.52. The molecule has 0 aliphatic heterocycles. The predicted molar refractivity (Wildman–Crippen MR) is 122 cm³/mol. The Morgan fingerprint density at radius 1 is 0.640 bits per heavy atom. The molecule has 0 heterocycles. The van der Waals surface area contributed by atoms with Gasteiger partial charge in [0.1, 0.15) is 0 Å². The summed E-state index contributed by atoms with van der Waals surface area (Å²) in [6.45, 7) is 2.16. The van der Waals surface area contributed by atoms with Crippen LogP contribution in [0.25, 0.3) is 0 Å². The Hall–Kier alpha value is -0.950. The van der Waals surface area contributed by atoms with Gasteiger partial charge in [-0.15, -0.1) is 0 Å².